The van der Waals surface area contributed by atoms with Gasteiger partial charge in [-0.05, 0) is 65.2 Å². The van der Waals surface area contributed by atoms with E-state index in [4.69, 9.17) is 13.6 Å². The Morgan fingerprint density at radius 3 is 1.88 bits per heavy atom. The van der Waals surface area contributed by atoms with E-state index >= 15 is 0 Å². The summed E-state index contributed by atoms with van der Waals surface area (Å²) in [6, 6.07) is 21.2. The van der Waals surface area contributed by atoms with Gasteiger partial charge in [0, 0.05) is 27.6 Å². The van der Waals surface area contributed by atoms with Crippen LogP contribution in [0.25, 0.3) is 54.6 Å². The standard InChI is InChI=1S/C27H22O3.CH5N/c1-27(2,3)17-6-5-15-10-20-22-14-25-21(13-26(22)29-23(20)11-16(15)9-17)19-8-7-18(28-4)12-24(19)30-25;1-2/h5-14H,1-4H3;2H2,1H3. The fourth-order valence-corrected chi connectivity index (χ4v) is 4.36. The van der Waals surface area contributed by atoms with Crippen LogP contribution in [0.4, 0.5) is 0 Å². The number of methoxy groups -OCH3 is 1. The van der Waals surface area contributed by atoms with Crippen LogP contribution in [-0.2, 0) is 5.41 Å². The van der Waals surface area contributed by atoms with Crippen LogP contribution in [-0.4, -0.2) is 14.2 Å². The third-order valence-corrected chi connectivity index (χ3v) is 6.10. The molecule has 0 aliphatic heterocycles. The van der Waals surface area contributed by atoms with Crippen molar-refractivity contribution in [1.29, 1.82) is 0 Å². The van der Waals surface area contributed by atoms with Crippen molar-refractivity contribution in [2.24, 2.45) is 5.73 Å². The number of furan rings is 2. The molecule has 0 radical (unpaired) electrons. The monoisotopic (exact) mass is 425 g/mol. The lowest BCUT2D eigenvalue weighted by Crippen LogP contribution is -2.10. The molecule has 4 heteroatoms. The van der Waals surface area contributed by atoms with Gasteiger partial charge in [-0.2, -0.15) is 0 Å². The van der Waals surface area contributed by atoms with Gasteiger partial charge in [0.05, 0.1) is 7.11 Å². The molecule has 2 N–H and O–H groups in total. The van der Waals surface area contributed by atoms with Gasteiger partial charge >= 0.3 is 0 Å². The Morgan fingerprint density at radius 1 is 0.625 bits per heavy atom. The Balaban J connectivity index is 0.00000105. The Labute approximate surface area is 186 Å². The smallest absolute Gasteiger partial charge is 0.139 e. The van der Waals surface area contributed by atoms with Crippen molar-refractivity contribution in [3.63, 3.8) is 0 Å². The van der Waals surface area contributed by atoms with E-state index in [1.807, 2.05) is 18.2 Å². The Kier molecular flexibility index (Phi) is 4.64. The van der Waals surface area contributed by atoms with Crippen LogP contribution < -0.4 is 10.5 Å². The van der Waals surface area contributed by atoms with E-state index < -0.39 is 0 Å². The molecule has 0 aliphatic carbocycles. The first-order chi connectivity index (χ1) is 15.4. The molecule has 32 heavy (non-hydrogen) atoms. The number of hydrogen-bond acceptors (Lipinski definition) is 4. The highest BCUT2D eigenvalue weighted by Crippen LogP contribution is 2.39. The number of fused-ring (bicyclic) bond motifs is 7. The zero-order valence-corrected chi connectivity index (χ0v) is 19.1. The normalized spacial score (nSPS) is 12.1. The van der Waals surface area contributed by atoms with Gasteiger partial charge in [-0.25, -0.2) is 0 Å². The Bertz CT molecular complexity index is 1610. The van der Waals surface area contributed by atoms with Gasteiger partial charge in [0.1, 0.15) is 28.1 Å². The summed E-state index contributed by atoms with van der Waals surface area (Å²) in [5.41, 5.74) is 9.40. The molecule has 2 aromatic heterocycles. The molecule has 0 saturated heterocycles. The molecule has 0 amide bonds. The molecule has 2 heterocycles. The lowest BCUT2D eigenvalue weighted by atomic mass is 9.86. The largest absolute Gasteiger partial charge is 0.497 e. The average molecular weight is 426 g/mol. The van der Waals surface area contributed by atoms with Gasteiger partial charge in [-0.15, -0.1) is 0 Å². The summed E-state index contributed by atoms with van der Waals surface area (Å²) in [5.74, 6) is 0.789. The topological polar surface area (TPSA) is 61.5 Å². The molecule has 6 aromatic rings. The van der Waals surface area contributed by atoms with Gasteiger partial charge in [-0.3, -0.25) is 0 Å². The quantitative estimate of drug-likeness (QED) is 0.296. The first-order valence-electron chi connectivity index (χ1n) is 10.8. The van der Waals surface area contributed by atoms with Crippen LogP contribution in [0.5, 0.6) is 5.75 Å². The van der Waals surface area contributed by atoms with Crippen molar-refractivity contribution in [3.05, 3.63) is 66.2 Å². The lowest BCUT2D eigenvalue weighted by Gasteiger charge is -2.19. The highest BCUT2D eigenvalue weighted by atomic mass is 16.5. The molecule has 0 unspecified atom stereocenters. The maximum absolute atomic E-state index is 6.29. The van der Waals surface area contributed by atoms with E-state index in [-0.39, 0.29) is 5.41 Å². The number of benzene rings is 4. The van der Waals surface area contributed by atoms with Crippen molar-refractivity contribution in [1.82, 2.24) is 0 Å². The molecule has 6 rings (SSSR count). The molecule has 0 aliphatic rings. The second-order valence-electron chi connectivity index (χ2n) is 9.07. The molecule has 0 spiro atoms. The SMILES string of the molecule is CN.COc1ccc2c(c1)oc1cc3c(cc12)oc1cc2cc(C(C)(C)C)ccc2cc13. The van der Waals surface area contributed by atoms with Crippen molar-refractivity contribution >= 4 is 54.6 Å². The highest BCUT2D eigenvalue weighted by Gasteiger charge is 2.17. The third-order valence-electron chi connectivity index (χ3n) is 6.10. The number of ether oxygens (including phenoxy) is 1. The summed E-state index contributed by atoms with van der Waals surface area (Å²) in [7, 11) is 3.16. The summed E-state index contributed by atoms with van der Waals surface area (Å²) in [6.45, 7) is 6.72. The first-order valence-corrected chi connectivity index (χ1v) is 10.8. The van der Waals surface area contributed by atoms with E-state index in [0.717, 1.165) is 49.6 Å². The van der Waals surface area contributed by atoms with Crippen LogP contribution in [0.2, 0.25) is 0 Å². The van der Waals surface area contributed by atoms with Crippen LogP contribution in [0.15, 0.2) is 69.5 Å². The Hall–Kier alpha value is -3.50. The molecular weight excluding hydrogens is 398 g/mol. The van der Waals surface area contributed by atoms with Crippen LogP contribution in [0.1, 0.15) is 26.3 Å². The van der Waals surface area contributed by atoms with E-state index in [9.17, 15) is 0 Å². The number of hydrogen-bond donors (Lipinski definition) is 1. The maximum atomic E-state index is 6.29. The second kappa shape index (κ2) is 7.28. The summed E-state index contributed by atoms with van der Waals surface area (Å²) in [6.07, 6.45) is 0. The van der Waals surface area contributed by atoms with Crippen molar-refractivity contribution in [2.75, 3.05) is 14.2 Å². The minimum atomic E-state index is 0.116. The molecular formula is C28H27NO3. The summed E-state index contributed by atoms with van der Waals surface area (Å²) >= 11 is 0. The first kappa shape index (κ1) is 20.4. The predicted octanol–water partition coefficient (Wildman–Crippen LogP) is 7.52. The van der Waals surface area contributed by atoms with Crippen LogP contribution in [0.3, 0.4) is 0 Å². The molecule has 162 valence electrons. The Morgan fingerprint density at radius 2 is 1.22 bits per heavy atom. The summed E-state index contributed by atoms with van der Waals surface area (Å²) in [4.78, 5) is 0. The van der Waals surface area contributed by atoms with Crippen LogP contribution >= 0.6 is 0 Å². The minimum Gasteiger partial charge on any atom is -0.497 e. The number of nitrogens with two attached hydrogens (primary N) is 1. The summed E-state index contributed by atoms with van der Waals surface area (Å²) < 4.78 is 17.8. The molecule has 0 bridgehead atoms. The molecule has 4 nitrogen and oxygen atoms in total. The van der Waals surface area contributed by atoms with Crippen molar-refractivity contribution < 1.29 is 13.6 Å². The molecule has 0 atom stereocenters. The fraction of sp³-hybridized carbons (Fsp3) is 0.214. The van der Waals surface area contributed by atoms with Gasteiger partial charge in [0.15, 0.2) is 0 Å². The average Bonchev–Trinajstić information content (AvgIpc) is 3.32. The van der Waals surface area contributed by atoms with E-state index in [1.54, 1.807) is 7.11 Å². The minimum absolute atomic E-state index is 0.116. The zero-order valence-electron chi connectivity index (χ0n) is 19.1. The van der Waals surface area contributed by atoms with Crippen molar-refractivity contribution in [3.8, 4) is 5.75 Å². The maximum Gasteiger partial charge on any atom is 0.139 e. The fourth-order valence-electron chi connectivity index (χ4n) is 4.36. The van der Waals surface area contributed by atoms with Crippen LogP contribution in [0, 0.1) is 0 Å². The van der Waals surface area contributed by atoms with Gasteiger partial charge in [0.2, 0.25) is 0 Å². The van der Waals surface area contributed by atoms with E-state index in [0.29, 0.717) is 0 Å². The lowest BCUT2D eigenvalue weighted by molar-refractivity contribution is 0.414. The molecule has 0 saturated carbocycles. The zero-order chi connectivity index (χ0) is 22.6. The van der Waals surface area contributed by atoms with E-state index in [2.05, 4.69) is 69.0 Å². The number of rotatable bonds is 1. The highest BCUT2D eigenvalue weighted by molar-refractivity contribution is 6.16. The van der Waals surface area contributed by atoms with E-state index in [1.165, 1.54) is 23.4 Å². The van der Waals surface area contributed by atoms with Gasteiger partial charge < -0.3 is 19.3 Å². The van der Waals surface area contributed by atoms with Crippen molar-refractivity contribution in [2.45, 2.75) is 26.2 Å². The molecule has 4 aromatic carbocycles. The van der Waals surface area contributed by atoms with Gasteiger partial charge in [0.25, 0.3) is 0 Å². The van der Waals surface area contributed by atoms with Gasteiger partial charge in [-0.1, -0.05) is 39.0 Å². The third kappa shape index (κ3) is 3.10. The molecule has 0 fully saturated rings. The summed E-state index contributed by atoms with van der Waals surface area (Å²) in [5, 5.41) is 6.72. The predicted molar refractivity (Wildman–Crippen MR) is 134 cm³/mol. The second-order valence-corrected chi connectivity index (χ2v) is 9.07.